The number of nitrogens with two attached hydrogens (primary N) is 1. The summed E-state index contributed by atoms with van der Waals surface area (Å²) in [6.45, 7) is 7.01. The molecule has 0 aromatic carbocycles. The Balaban J connectivity index is 3.53. The van der Waals surface area contributed by atoms with Gasteiger partial charge in [-0.25, -0.2) is 5.01 Å². The zero-order valence-electron chi connectivity index (χ0n) is 8.27. The molecule has 6 nitrogen and oxygen atoms in total. The van der Waals surface area contributed by atoms with E-state index in [0.717, 1.165) is 19.5 Å². The number of nitroso groups, excluding NO2 is 1. The molecule has 6 heteroatoms. The molecule has 0 aromatic rings. The summed E-state index contributed by atoms with van der Waals surface area (Å²) in [5.41, 5.74) is 0. The lowest BCUT2D eigenvalue weighted by Gasteiger charge is -2.32. The Morgan fingerprint density at radius 1 is 1.46 bits per heavy atom. The maximum absolute atomic E-state index is 10.8. The number of quaternary nitrogens is 1. The summed E-state index contributed by atoms with van der Waals surface area (Å²) in [6, 6.07) is 0. The molecule has 0 saturated carbocycles. The van der Waals surface area contributed by atoms with Crippen LogP contribution in [-0.2, 0) is 0 Å². The van der Waals surface area contributed by atoms with Crippen LogP contribution in [-0.4, -0.2) is 36.5 Å². The van der Waals surface area contributed by atoms with E-state index in [1.165, 1.54) is 5.01 Å². The molecule has 0 unspecified atom stereocenters. The van der Waals surface area contributed by atoms with Crippen LogP contribution in [0.5, 0.6) is 0 Å². The lowest BCUT2D eigenvalue weighted by molar-refractivity contribution is -0.652. The SMILES string of the molecule is CC[NH2+]CCCN(CC)N([O-])N=O. The standard InChI is InChI=1S/C7H17N4O2/c1-3-8-6-5-7-10(4-2)11(13)9-12/h8H,3-7H2,1-2H3/q-1/p+1. The van der Waals surface area contributed by atoms with Gasteiger partial charge in [-0.05, 0) is 6.92 Å². The Morgan fingerprint density at radius 2 is 2.15 bits per heavy atom. The average molecular weight is 190 g/mol. The van der Waals surface area contributed by atoms with Crippen molar-refractivity contribution in [3.8, 4) is 0 Å². The highest BCUT2D eigenvalue weighted by molar-refractivity contribution is 4.51. The predicted octanol–water partition coefficient (Wildman–Crippen LogP) is -0.322. The monoisotopic (exact) mass is 190 g/mol. The Labute approximate surface area is 78.4 Å². The van der Waals surface area contributed by atoms with Gasteiger partial charge >= 0.3 is 0 Å². The van der Waals surface area contributed by atoms with Crippen LogP contribution < -0.4 is 5.32 Å². The first-order valence-corrected chi connectivity index (χ1v) is 4.63. The molecule has 0 saturated heterocycles. The Kier molecular flexibility index (Phi) is 7.47. The highest BCUT2D eigenvalue weighted by Gasteiger charge is 2.03. The molecule has 0 fully saturated rings. The smallest absolute Gasteiger partial charge is 0.0768 e. The molecule has 0 aliphatic carbocycles. The van der Waals surface area contributed by atoms with E-state index in [9.17, 15) is 10.1 Å². The van der Waals surface area contributed by atoms with Gasteiger partial charge in [0.1, 0.15) is 0 Å². The van der Waals surface area contributed by atoms with Crippen molar-refractivity contribution in [3.05, 3.63) is 10.1 Å². The van der Waals surface area contributed by atoms with Crippen molar-refractivity contribution in [2.75, 3.05) is 26.2 Å². The van der Waals surface area contributed by atoms with Crippen LogP contribution in [0.25, 0.3) is 0 Å². The van der Waals surface area contributed by atoms with Crippen LogP contribution in [0.3, 0.4) is 0 Å². The number of hydrogen-bond acceptors (Lipinski definition) is 4. The molecule has 0 amide bonds. The summed E-state index contributed by atoms with van der Waals surface area (Å²) in [4.78, 5) is 9.91. The number of nitrogens with zero attached hydrogens (tertiary/aromatic N) is 3. The van der Waals surface area contributed by atoms with E-state index < -0.39 is 0 Å². The van der Waals surface area contributed by atoms with Gasteiger partial charge in [0.2, 0.25) is 0 Å². The minimum atomic E-state index is 0.117. The van der Waals surface area contributed by atoms with Crippen LogP contribution in [0.15, 0.2) is 5.29 Å². The first-order valence-electron chi connectivity index (χ1n) is 4.63. The van der Waals surface area contributed by atoms with Crippen molar-refractivity contribution in [1.29, 1.82) is 0 Å². The molecule has 0 rings (SSSR count). The molecular weight excluding hydrogens is 172 g/mol. The molecule has 0 bridgehead atoms. The second kappa shape index (κ2) is 7.90. The van der Waals surface area contributed by atoms with E-state index >= 15 is 0 Å². The van der Waals surface area contributed by atoms with E-state index in [1.54, 1.807) is 0 Å². The topological polar surface area (TPSA) is 75.6 Å². The van der Waals surface area contributed by atoms with E-state index in [2.05, 4.69) is 17.5 Å². The Morgan fingerprint density at radius 3 is 2.62 bits per heavy atom. The van der Waals surface area contributed by atoms with Gasteiger partial charge in [0, 0.05) is 19.5 Å². The molecule has 0 aromatic heterocycles. The van der Waals surface area contributed by atoms with Gasteiger partial charge in [0.05, 0.1) is 18.4 Å². The van der Waals surface area contributed by atoms with Gasteiger partial charge in [-0.15, -0.1) is 4.91 Å². The maximum atomic E-state index is 10.8. The number of rotatable bonds is 8. The summed E-state index contributed by atoms with van der Waals surface area (Å²) in [5, 5.41) is 16.7. The molecule has 2 N–H and O–H groups in total. The van der Waals surface area contributed by atoms with Crippen LogP contribution in [0.2, 0.25) is 0 Å². The van der Waals surface area contributed by atoms with Crippen molar-refractivity contribution in [3.63, 3.8) is 0 Å². The van der Waals surface area contributed by atoms with Gasteiger partial charge in [-0.2, -0.15) is 0 Å². The van der Waals surface area contributed by atoms with Crippen LogP contribution in [0.4, 0.5) is 0 Å². The summed E-state index contributed by atoms with van der Waals surface area (Å²) in [6.07, 6.45) is 0.885. The fourth-order valence-corrected chi connectivity index (χ4v) is 1.04. The molecule has 13 heavy (non-hydrogen) atoms. The maximum Gasteiger partial charge on any atom is 0.0768 e. The summed E-state index contributed by atoms with van der Waals surface area (Å²) in [7, 11) is 0. The molecule has 0 radical (unpaired) electrons. The fourth-order valence-electron chi connectivity index (χ4n) is 1.04. The van der Waals surface area contributed by atoms with Crippen molar-refractivity contribution < 1.29 is 5.32 Å². The minimum Gasteiger partial charge on any atom is -0.724 e. The first kappa shape index (κ1) is 12.3. The van der Waals surface area contributed by atoms with Crippen LogP contribution >= 0.6 is 0 Å². The largest absolute Gasteiger partial charge is 0.724 e. The van der Waals surface area contributed by atoms with E-state index in [4.69, 9.17) is 0 Å². The quantitative estimate of drug-likeness (QED) is 0.323. The third kappa shape index (κ3) is 5.51. The van der Waals surface area contributed by atoms with E-state index in [1.807, 2.05) is 6.92 Å². The second-order valence-electron chi connectivity index (χ2n) is 2.72. The third-order valence-corrected chi connectivity index (χ3v) is 1.79. The Hall–Kier alpha value is -0.720. The van der Waals surface area contributed by atoms with Crippen molar-refractivity contribution in [2.45, 2.75) is 20.3 Å². The van der Waals surface area contributed by atoms with Gasteiger partial charge in [0.15, 0.2) is 0 Å². The van der Waals surface area contributed by atoms with E-state index in [-0.39, 0.29) is 5.28 Å². The average Bonchev–Trinajstić information content (AvgIpc) is 2.17. The summed E-state index contributed by atoms with van der Waals surface area (Å²) in [5.74, 6) is 0. The van der Waals surface area contributed by atoms with E-state index in [0.29, 0.717) is 13.1 Å². The van der Waals surface area contributed by atoms with Crippen molar-refractivity contribution >= 4 is 0 Å². The normalized spacial score (nSPS) is 10.5. The minimum absolute atomic E-state index is 0.117. The lowest BCUT2D eigenvalue weighted by atomic mass is 10.4. The summed E-state index contributed by atoms with van der Waals surface area (Å²) < 4.78 is 0. The van der Waals surface area contributed by atoms with Gasteiger partial charge in [0.25, 0.3) is 0 Å². The summed E-state index contributed by atoms with van der Waals surface area (Å²) >= 11 is 0. The van der Waals surface area contributed by atoms with Gasteiger partial charge < -0.3 is 10.5 Å². The molecule has 0 spiro atoms. The predicted molar refractivity (Wildman–Crippen MR) is 50.2 cm³/mol. The highest BCUT2D eigenvalue weighted by atomic mass is 16.6. The third-order valence-electron chi connectivity index (χ3n) is 1.79. The molecule has 0 atom stereocenters. The van der Waals surface area contributed by atoms with Crippen molar-refractivity contribution in [1.82, 2.24) is 10.3 Å². The molecule has 0 aliphatic rings. The molecule has 0 heterocycles. The van der Waals surface area contributed by atoms with Crippen LogP contribution in [0.1, 0.15) is 20.3 Å². The molecule has 0 aliphatic heterocycles. The zero-order valence-corrected chi connectivity index (χ0v) is 8.27. The number of hydrazine groups is 1. The Bertz CT molecular complexity index is 134. The first-order chi connectivity index (χ1) is 6.26. The van der Waals surface area contributed by atoms with Crippen molar-refractivity contribution in [2.24, 2.45) is 5.29 Å². The number of hydrogen-bond donors (Lipinski definition) is 1. The molecular formula is C7H18N4O2. The lowest BCUT2D eigenvalue weighted by Crippen LogP contribution is -2.83. The van der Waals surface area contributed by atoms with Gasteiger partial charge in [-0.1, -0.05) is 6.92 Å². The fraction of sp³-hybridized carbons (Fsp3) is 1.00. The molecule has 78 valence electrons. The highest BCUT2D eigenvalue weighted by Crippen LogP contribution is 1.96. The second-order valence-corrected chi connectivity index (χ2v) is 2.72. The van der Waals surface area contributed by atoms with Gasteiger partial charge in [-0.3, -0.25) is 5.28 Å². The zero-order chi connectivity index (χ0) is 10.1. The van der Waals surface area contributed by atoms with Crippen LogP contribution in [0, 0.1) is 10.1 Å².